The van der Waals surface area contributed by atoms with Gasteiger partial charge < -0.3 is 0 Å². The largest absolute Gasteiger partial charge is 0.253 e. The fraction of sp³-hybridized carbons (Fsp3) is 0.0556. The summed E-state index contributed by atoms with van der Waals surface area (Å²) in [7, 11) is -1.88. The smallest absolute Gasteiger partial charge is 0.131 e. The Morgan fingerprint density at radius 1 is 0.750 bits per heavy atom. The van der Waals surface area contributed by atoms with Gasteiger partial charge in [0.2, 0.25) is 0 Å². The highest BCUT2D eigenvalue weighted by Gasteiger charge is 2.25. The molecule has 0 bridgehead atoms. The van der Waals surface area contributed by atoms with Gasteiger partial charge in [-0.2, -0.15) is 0 Å². The molecular weight excluding hydrogens is 337 g/mol. The normalized spacial score (nSPS) is 11.1. The molecule has 1 aromatic heterocycles. The summed E-state index contributed by atoms with van der Waals surface area (Å²) < 4.78 is 56.0. The number of benzene rings is 2. The van der Waals surface area contributed by atoms with E-state index < -0.39 is 31.2 Å². The van der Waals surface area contributed by atoms with Crippen LogP contribution in [0.5, 0.6) is 0 Å². The molecule has 2 aromatic carbocycles. The van der Waals surface area contributed by atoms with E-state index in [1.54, 1.807) is 25.1 Å². The molecule has 0 aliphatic carbocycles. The van der Waals surface area contributed by atoms with Crippen LogP contribution < -0.4 is 16.0 Å². The molecule has 6 heteroatoms. The number of halogens is 4. The monoisotopic (exact) mass is 349 g/mol. The Kier molecular flexibility index (Phi) is 4.63. The van der Waals surface area contributed by atoms with Gasteiger partial charge in [-0.15, -0.1) is 0 Å². The lowest BCUT2D eigenvalue weighted by atomic mass is 10.3. The standard InChI is InChI=1S/C18H12F4NP/c1-11-3-2-4-18(23-11)24(16-9-12(19)5-7-14(16)21)17-10-13(20)6-8-15(17)22/h2-10H,1H3. The molecule has 24 heavy (non-hydrogen) atoms. The minimum Gasteiger partial charge on any atom is -0.253 e. The van der Waals surface area contributed by atoms with Crippen LogP contribution in [-0.4, -0.2) is 4.98 Å². The van der Waals surface area contributed by atoms with Gasteiger partial charge in [0, 0.05) is 24.2 Å². The summed E-state index contributed by atoms with van der Waals surface area (Å²) >= 11 is 0. The Morgan fingerprint density at radius 3 is 1.79 bits per heavy atom. The van der Waals surface area contributed by atoms with Gasteiger partial charge in [0.1, 0.15) is 23.3 Å². The number of rotatable bonds is 3. The molecular formula is C18H12F4NP. The topological polar surface area (TPSA) is 12.9 Å². The lowest BCUT2D eigenvalue weighted by Gasteiger charge is -2.20. The van der Waals surface area contributed by atoms with Crippen LogP contribution in [0.2, 0.25) is 0 Å². The van der Waals surface area contributed by atoms with Crippen molar-refractivity contribution in [2.24, 2.45) is 0 Å². The predicted octanol–water partition coefficient (Wildman–Crippen LogP) is 3.70. The zero-order valence-electron chi connectivity index (χ0n) is 12.6. The highest BCUT2D eigenvalue weighted by molar-refractivity contribution is 7.79. The molecule has 0 spiro atoms. The second kappa shape index (κ2) is 6.70. The van der Waals surface area contributed by atoms with Crippen molar-refractivity contribution >= 4 is 24.0 Å². The van der Waals surface area contributed by atoms with E-state index in [-0.39, 0.29) is 10.6 Å². The van der Waals surface area contributed by atoms with Crippen molar-refractivity contribution in [3.8, 4) is 0 Å². The molecule has 1 nitrogen and oxygen atoms in total. The first-order valence-electron chi connectivity index (χ1n) is 7.09. The van der Waals surface area contributed by atoms with E-state index in [1.165, 1.54) is 0 Å². The Balaban J connectivity index is 2.29. The Morgan fingerprint density at radius 2 is 1.29 bits per heavy atom. The maximum atomic E-state index is 14.3. The van der Waals surface area contributed by atoms with Gasteiger partial charge in [-0.25, -0.2) is 17.6 Å². The Hall–Kier alpha value is -2.26. The van der Waals surface area contributed by atoms with Crippen LogP contribution in [0.1, 0.15) is 5.69 Å². The van der Waals surface area contributed by atoms with Crippen molar-refractivity contribution in [1.29, 1.82) is 0 Å². The molecule has 1 heterocycles. The summed E-state index contributed by atoms with van der Waals surface area (Å²) in [6.07, 6.45) is 0. The van der Waals surface area contributed by atoms with E-state index in [9.17, 15) is 17.6 Å². The van der Waals surface area contributed by atoms with E-state index in [0.29, 0.717) is 11.1 Å². The number of nitrogens with zero attached hydrogens (tertiary/aromatic N) is 1. The van der Waals surface area contributed by atoms with Crippen LogP contribution in [0.3, 0.4) is 0 Å². The third-order valence-electron chi connectivity index (χ3n) is 3.40. The SMILES string of the molecule is Cc1cccc(P(c2cc(F)ccc2F)c2cc(F)ccc2F)n1. The Bertz CT molecular complexity index is 846. The number of aryl methyl sites for hydroxylation is 1. The van der Waals surface area contributed by atoms with E-state index >= 15 is 0 Å². The molecule has 0 saturated carbocycles. The lowest BCUT2D eigenvalue weighted by molar-refractivity contribution is 0.605. The molecule has 0 fully saturated rings. The van der Waals surface area contributed by atoms with Crippen LogP contribution in [0.15, 0.2) is 54.6 Å². The first kappa shape index (κ1) is 16.6. The summed E-state index contributed by atoms with van der Waals surface area (Å²) in [6.45, 7) is 1.74. The van der Waals surface area contributed by atoms with E-state index in [2.05, 4.69) is 4.98 Å². The molecule has 0 unspecified atom stereocenters. The summed E-state index contributed by atoms with van der Waals surface area (Å²) in [5, 5.41) is -0.0693. The van der Waals surface area contributed by atoms with Crippen LogP contribution in [0.4, 0.5) is 17.6 Å². The summed E-state index contributed by atoms with van der Waals surface area (Å²) in [4.78, 5) is 4.32. The average molecular weight is 349 g/mol. The van der Waals surface area contributed by atoms with Gasteiger partial charge in [0.05, 0.1) is 5.44 Å². The maximum Gasteiger partial charge on any atom is 0.131 e. The van der Waals surface area contributed by atoms with Crippen LogP contribution in [0, 0.1) is 30.2 Å². The fourth-order valence-electron chi connectivity index (χ4n) is 2.34. The molecule has 0 aliphatic heterocycles. The molecule has 3 aromatic rings. The van der Waals surface area contributed by atoms with Crippen molar-refractivity contribution < 1.29 is 17.6 Å². The number of hydrogen-bond donors (Lipinski definition) is 0. The lowest BCUT2D eigenvalue weighted by Crippen LogP contribution is -2.27. The van der Waals surface area contributed by atoms with Gasteiger partial charge in [0.15, 0.2) is 0 Å². The molecule has 0 N–H and O–H groups in total. The molecule has 3 rings (SSSR count). The summed E-state index contributed by atoms with van der Waals surface area (Å²) in [5.74, 6) is -2.67. The minimum absolute atomic E-state index is 0.0346. The van der Waals surface area contributed by atoms with Crippen LogP contribution >= 0.6 is 7.92 Å². The third kappa shape index (κ3) is 3.31. The molecule has 0 amide bonds. The maximum absolute atomic E-state index is 14.3. The van der Waals surface area contributed by atoms with Gasteiger partial charge in [0.25, 0.3) is 0 Å². The third-order valence-corrected chi connectivity index (χ3v) is 5.76. The predicted molar refractivity (Wildman–Crippen MR) is 87.5 cm³/mol. The zero-order valence-corrected chi connectivity index (χ0v) is 13.5. The molecule has 0 atom stereocenters. The average Bonchev–Trinajstić information content (AvgIpc) is 2.54. The Labute approximate surface area is 137 Å². The second-order valence-corrected chi connectivity index (χ2v) is 7.26. The van der Waals surface area contributed by atoms with Crippen LogP contribution in [0.25, 0.3) is 0 Å². The number of pyridine rings is 1. The van der Waals surface area contributed by atoms with Crippen molar-refractivity contribution in [3.05, 3.63) is 83.6 Å². The van der Waals surface area contributed by atoms with Crippen molar-refractivity contribution in [3.63, 3.8) is 0 Å². The molecule has 122 valence electrons. The fourth-order valence-corrected chi connectivity index (χ4v) is 4.67. The quantitative estimate of drug-likeness (QED) is 0.519. The zero-order chi connectivity index (χ0) is 17.3. The van der Waals surface area contributed by atoms with Crippen molar-refractivity contribution in [2.45, 2.75) is 6.92 Å². The van der Waals surface area contributed by atoms with Gasteiger partial charge in [-0.05, 0) is 55.5 Å². The summed E-state index contributed by atoms with van der Waals surface area (Å²) in [6, 6.07) is 11.0. The molecule has 0 radical (unpaired) electrons. The first-order chi connectivity index (χ1) is 11.5. The van der Waals surface area contributed by atoms with Gasteiger partial charge >= 0.3 is 0 Å². The number of aromatic nitrogens is 1. The van der Waals surface area contributed by atoms with Crippen LogP contribution in [-0.2, 0) is 0 Å². The minimum atomic E-state index is -1.88. The van der Waals surface area contributed by atoms with Crippen molar-refractivity contribution in [1.82, 2.24) is 4.98 Å². The van der Waals surface area contributed by atoms with Gasteiger partial charge in [-0.3, -0.25) is 4.98 Å². The van der Waals surface area contributed by atoms with E-state index in [0.717, 1.165) is 36.4 Å². The number of hydrogen-bond acceptors (Lipinski definition) is 1. The second-order valence-electron chi connectivity index (χ2n) is 5.16. The van der Waals surface area contributed by atoms with E-state index in [4.69, 9.17) is 0 Å². The highest BCUT2D eigenvalue weighted by atomic mass is 31.1. The highest BCUT2D eigenvalue weighted by Crippen LogP contribution is 2.34. The molecule has 0 saturated heterocycles. The van der Waals surface area contributed by atoms with E-state index in [1.807, 2.05) is 0 Å². The van der Waals surface area contributed by atoms with Crippen molar-refractivity contribution in [2.75, 3.05) is 0 Å². The first-order valence-corrected chi connectivity index (χ1v) is 8.44. The molecule has 0 aliphatic rings. The van der Waals surface area contributed by atoms with Gasteiger partial charge in [-0.1, -0.05) is 6.07 Å². The summed E-state index contributed by atoms with van der Waals surface area (Å²) in [5.41, 5.74) is 1.02.